The van der Waals surface area contributed by atoms with Crippen molar-refractivity contribution >= 4 is 10.2 Å². The van der Waals surface area contributed by atoms with Crippen LogP contribution in [0.15, 0.2) is 11.8 Å². The standard InChI is InChI=1S/C9H6F14O2Si/c1-2(26)3(24-8(20,21)4(10,11)6(14,15)16)25-9(22,23)5(12,13)7(17,18)19/h3H,1H2,26H3. The van der Waals surface area contributed by atoms with E-state index in [2.05, 4.69) is 16.1 Å². The smallest absolute Gasteiger partial charge is 0.282 e. The fourth-order valence-electron chi connectivity index (χ4n) is 0.972. The van der Waals surface area contributed by atoms with Gasteiger partial charge in [-0.25, -0.2) is 0 Å². The summed E-state index contributed by atoms with van der Waals surface area (Å²) in [5.41, 5.74) is 0. The Labute approximate surface area is 137 Å². The monoisotopic (exact) mass is 440 g/mol. The zero-order valence-electron chi connectivity index (χ0n) is 11.9. The first-order valence-corrected chi connectivity index (χ1v) is 6.67. The number of hydrogen-bond donors (Lipinski definition) is 0. The minimum absolute atomic E-state index is 0.872. The van der Waals surface area contributed by atoms with E-state index in [-0.39, 0.29) is 0 Å². The quantitative estimate of drug-likeness (QED) is 0.341. The average molecular weight is 440 g/mol. The molecule has 0 radical (unpaired) electrons. The second-order valence-corrected chi connectivity index (χ2v) is 5.88. The Hall–Kier alpha value is -1.10. The van der Waals surface area contributed by atoms with Crippen molar-refractivity contribution < 1.29 is 70.9 Å². The largest absolute Gasteiger partial charge is 0.462 e. The molecule has 26 heavy (non-hydrogen) atoms. The fraction of sp³-hybridized carbons (Fsp3) is 0.778. The summed E-state index contributed by atoms with van der Waals surface area (Å²) < 4.78 is 179. The Morgan fingerprint density at radius 3 is 1.00 bits per heavy atom. The second-order valence-electron chi connectivity index (χ2n) is 4.59. The third-order valence-corrected chi connectivity index (χ3v) is 2.83. The van der Waals surface area contributed by atoms with Gasteiger partial charge in [0.25, 0.3) is 0 Å². The van der Waals surface area contributed by atoms with Gasteiger partial charge in [0.05, 0.1) is 0 Å². The van der Waals surface area contributed by atoms with Gasteiger partial charge in [-0.05, 0) is 5.20 Å². The van der Waals surface area contributed by atoms with Crippen molar-refractivity contribution in [1.82, 2.24) is 0 Å². The van der Waals surface area contributed by atoms with Crippen LogP contribution in [0.4, 0.5) is 61.5 Å². The third-order valence-electron chi connectivity index (χ3n) is 2.36. The molecular weight excluding hydrogens is 434 g/mol. The SMILES string of the molecule is C=C([SiH3])C(OC(F)(F)C(F)(F)C(F)(F)F)OC(F)(F)C(F)(F)C(F)(F)F. The van der Waals surface area contributed by atoms with Crippen molar-refractivity contribution in [2.45, 2.75) is 42.7 Å². The molecule has 0 saturated carbocycles. The van der Waals surface area contributed by atoms with Crippen LogP contribution in [-0.4, -0.2) is 52.9 Å². The van der Waals surface area contributed by atoms with Crippen molar-refractivity contribution in [2.75, 3.05) is 0 Å². The van der Waals surface area contributed by atoms with Gasteiger partial charge in [-0.15, -0.1) is 0 Å². The van der Waals surface area contributed by atoms with Crippen molar-refractivity contribution in [3.63, 3.8) is 0 Å². The number of ether oxygens (including phenoxy) is 2. The molecule has 0 bridgehead atoms. The van der Waals surface area contributed by atoms with Gasteiger partial charge in [0.15, 0.2) is 6.29 Å². The molecule has 0 aromatic rings. The molecule has 2 nitrogen and oxygen atoms in total. The maximum Gasteiger partial charge on any atom is 0.462 e. The lowest BCUT2D eigenvalue weighted by molar-refractivity contribution is -0.481. The van der Waals surface area contributed by atoms with E-state index in [1.54, 1.807) is 0 Å². The first kappa shape index (κ1) is 24.9. The van der Waals surface area contributed by atoms with E-state index in [1.165, 1.54) is 0 Å². The summed E-state index contributed by atoms with van der Waals surface area (Å²) in [7, 11) is -0.872. The molecule has 0 unspecified atom stereocenters. The van der Waals surface area contributed by atoms with Crippen LogP contribution in [0.3, 0.4) is 0 Å². The van der Waals surface area contributed by atoms with Crippen LogP contribution in [0.5, 0.6) is 0 Å². The van der Waals surface area contributed by atoms with Crippen LogP contribution >= 0.6 is 0 Å². The van der Waals surface area contributed by atoms with Crippen LogP contribution < -0.4 is 0 Å². The zero-order chi connectivity index (χ0) is 21.6. The molecular formula is C9H6F14O2Si. The minimum Gasteiger partial charge on any atom is -0.282 e. The number of rotatable bonds is 7. The Morgan fingerprint density at radius 1 is 0.615 bits per heavy atom. The van der Waals surface area contributed by atoms with Gasteiger partial charge in [0, 0.05) is 10.2 Å². The molecule has 0 aliphatic rings. The van der Waals surface area contributed by atoms with E-state index < -0.39 is 58.1 Å². The average Bonchev–Trinajstić information content (AvgIpc) is 2.33. The highest BCUT2D eigenvalue weighted by Crippen LogP contribution is 2.50. The lowest BCUT2D eigenvalue weighted by atomic mass is 10.3. The van der Waals surface area contributed by atoms with Gasteiger partial charge in [-0.3, -0.25) is 9.47 Å². The van der Waals surface area contributed by atoms with E-state index in [4.69, 9.17) is 0 Å². The van der Waals surface area contributed by atoms with Gasteiger partial charge in [0.1, 0.15) is 0 Å². The highest BCUT2D eigenvalue weighted by molar-refractivity contribution is 6.21. The summed E-state index contributed by atoms with van der Waals surface area (Å²) in [4.78, 5) is 0. The first-order chi connectivity index (χ1) is 11.0. The molecule has 0 aliphatic heterocycles. The lowest BCUT2D eigenvalue weighted by Gasteiger charge is -2.34. The Kier molecular flexibility index (Phi) is 6.52. The molecule has 156 valence electrons. The Morgan fingerprint density at radius 2 is 0.846 bits per heavy atom. The summed E-state index contributed by atoms with van der Waals surface area (Å²) in [6.07, 6.45) is -31.2. The predicted octanol–water partition coefficient (Wildman–Crippen LogP) is 3.81. The van der Waals surface area contributed by atoms with Gasteiger partial charge in [0.2, 0.25) is 0 Å². The maximum absolute atomic E-state index is 13.0. The summed E-state index contributed by atoms with van der Waals surface area (Å²) in [5, 5.41) is -1.32. The Bertz CT molecular complexity index is 481. The van der Waals surface area contributed by atoms with Gasteiger partial charge >= 0.3 is 36.4 Å². The van der Waals surface area contributed by atoms with Crippen LogP contribution in [0.2, 0.25) is 0 Å². The highest BCUT2D eigenvalue weighted by atomic mass is 28.1. The summed E-state index contributed by atoms with van der Waals surface area (Å²) in [5.74, 6) is -14.1. The molecule has 0 aromatic heterocycles. The molecule has 0 spiro atoms. The molecule has 0 aromatic carbocycles. The van der Waals surface area contributed by atoms with Gasteiger partial charge in [-0.2, -0.15) is 61.5 Å². The highest BCUT2D eigenvalue weighted by Gasteiger charge is 2.77. The van der Waals surface area contributed by atoms with Gasteiger partial charge < -0.3 is 0 Å². The van der Waals surface area contributed by atoms with Crippen LogP contribution in [0.1, 0.15) is 0 Å². The van der Waals surface area contributed by atoms with E-state index in [0.717, 1.165) is 0 Å². The molecule has 0 saturated heterocycles. The second kappa shape index (κ2) is 6.81. The molecule has 0 amide bonds. The normalized spacial score (nSPS) is 15.7. The molecule has 0 N–H and O–H groups in total. The first-order valence-electron chi connectivity index (χ1n) is 5.67. The summed E-state index contributed by atoms with van der Waals surface area (Å²) >= 11 is 0. The lowest BCUT2D eigenvalue weighted by Crippen LogP contribution is -2.58. The molecule has 0 rings (SSSR count). The van der Waals surface area contributed by atoms with E-state index in [0.29, 0.717) is 0 Å². The molecule has 0 atom stereocenters. The molecule has 0 heterocycles. The number of alkyl halides is 14. The van der Waals surface area contributed by atoms with Crippen molar-refractivity contribution in [3.8, 4) is 0 Å². The van der Waals surface area contributed by atoms with Crippen LogP contribution in [-0.2, 0) is 9.47 Å². The van der Waals surface area contributed by atoms with Gasteiger partial charge in [-0.1, -0.05) is 6.58 Å². The minimum atomic E-state index is -7.03. The predicted molar refractivity (Wildman–Crippen MR) is 56.9 cm³/mol. The third kappa shape index (κ3) is 4.59. The molecule has 17 heteroatoms. The van der Waals surface area contributed by atoms with Crippen molar-refractivity contribution in [2.24, 2.45) is 0 Å². The number of hydrogen-bond acceptors (Lipinski definition) is 2. The van der Waals surface area contributed by atoms with Crippen LogP contribution in [0.25, 0.3) is 0 Å². The van der Waals surface area contributed by atoms with Crippen molar-refractivity contribution in [1.29, 1.82) is 0 Å². The van der Waals surface area contributed by atoms with E-state index in [1.807, 2.05) is 0 Å². The Balaban J connectivity index is 5.77. The summed E-state index contributed by atoms with van der Waals surface area (Å²) in [6.45, 7) is 2.51. The molecule has 0 fully saturated rings. The summed E-state index contributed by atoms with van der Waals surface area (Å²) in [6, 6.07) is 0. The number of halogens is 14. The zero-order valence-corrected chi connectivity index (χ0v) is 13.9. The maximum atomic E-state index is 13.0. The topological polar surface area (TPSA) is 18.5 Å². The molecule has 0 aliphatic carbocycles. The van der Waals surface area contributed by atoms with Crippen LogP contribution in [0, 0.1) is 0 Å². The van der Waals surface area contributed by atoms with Crippen molar-refractivity contribution in [3.05, 3.63) is 11.8 Å². The van der Waals surface area contributed by atoms with E-state index >= 15 is 0 Å². The fourth-order valence-corrected chi connectivity index (χ4v) is 1.21. The van der Waals surface area contributed by atoms with E-state index in [9.17, 15) is 61.5 Å².